The second kappa shape index (κ2) is 8.00. The minimum atomic E-state index is -0.464. The molecule has 2 aromatic rings. The number of urea groups is 1. The third-order valence-corrected chi connectivity index (χ3v) is 5.35. The largest absolute Gasteiger partial charge is 0.396 e. The number of aromatic amines is 1. The number of carbonyl (C=O) groups is 1. The number of aliphatic hydroxyl groups excluding tert-OH is 1. The zero-order valence-electron chi connectivity index (χ0n) is 16.2. The Kier molecular flexibility index (Phi) is 5.70. The Morgan fingerprint density at radius 2 is 2.07 bits per heavy atom. The van der Waals surface area contributed by atoms with Crippen LogP contribution in [0, 0.1) is 0 Å². The van der Waals surface area contributed by atoms with Crippen LogP contribution in [-0.2, 0) is 12.1 Å². The van der Waals surface area contributed by atoms with E-state index in [1.165, 1.54) is 0 Å². The van der Waals surface area contributed by atoms with Gasteiger partial charge in [-0.25, -0.2) is 4.79 Å². The molecule has 146 valence electrons. The highest BCUT2D eigenvalue weighted by Crippen LogP contribution is 2.40. The molecular weight excluding hydrogens is 342 g/mol. The molecule has 0 saturated heterocycles. The third kappa shape index (κ3) is 3.78. The molecule has 0 saturated carbocycles. The molecule has 7 heteroatoms. The molecule has 27 heavy (non-hydrogen) atoms. The SMILES string of the molecule is CNc1n[nH]c2c1CN(C(=O)N[C@H](CCCCO)c1ccccc1)C2(C)C. The van der Waals surface area contributed by atoms with Crippen LogP contribution in [0.3, 0.4) is 0 Å². The lowest BCUT2D eigenvalue weighted by molar-refractivity contribution is 0.139. The van der Waals surface area contributed by atoms with Crippen molar-refractivity contribution in [2.24, 2.45) is 0 Å². The minimum absolute atomic E-state index is 0.0816. The highest BCUT2D eigenvalue weighted by Gasteiger charge is 2.43. The quantitative estimate of drug-likeness (QED) is 0.563. The number of nitrogens with zero attached hydrogens (tertiary/aromatic N) is 2. The van der Waals surface area contributed by atoms with Gasteiger partial charge in [0.25, 0.3) is 0 Å². The number of hydrogen-bond donors (Lipinski definition) is 4. The smallest absolute Gasteiger partial charge is 0.318 e. The van der Waals surface area contributed by atoms with Crippen LogP contribution in [-0.4, -0.2) is 39.9 Å². The summed E-state index contributed by atoms with van der Waals surface area (Å²) in [6.45, 7) is 4.74. The first-order valence-electron chi connectivity index (χ1n) is 9.48. The summed E-state index contributed by atoms with van der Waals surface area (Å²) in [6.07, 6.45) is 2.38. The van der Waals surface area contributed by atoms with Crippen molar-refractivity contribution < 1.29 is 9.90 Å². The number of anilines is 1. The number of nitrogens with one attached hydrogen (secondary N) is 3. The molecule has 0 unspecified atom stereocenters. The zero-order valence-corrected chi connectivity index (χ0v) is 16.2. The third-order valence-electron chi connectivity index (χ3n) is 5.35. The Labute approximate surface area is 160 Å². The average Bonchev–Trinajstić information content (AvgIpc) is 3.20. The monoisotopic (exact) mass is 371 g/mol. The Hall–Kier alpha value is -2.54. The fourth-order valence-corrected chi connectivity index (χ4v) is 3.74. The molecule has 0 radical (unpaired) electrons. The number of aromatic nitrogens is 2. The predicted molar refractivity (Wildman–Crippen MR) is 105 cm³/mol. The molecule has 0 spiro atoms. The first kappa shape index (κ1) is 19.2. The number of unbranched alkanes of at least 4 members (excludes halogenated alkanes) is 1. The number of amides is 2. The van der Waals surface area contributed by atoms with E-state index in [4.69, 9.17) is 5.11 Å². The van der Waals surface area contributed by atoms with Gasteiger partial charge in [-0.05, 0) is 38.7 Å². The van der Waals surface area contributed by atoms with Gasteiger partial charge in [0.15, 0.2) is 5.82 Å². The van der Waals surface area contributed by atoms with Gasteiger partial charge in [-0.1, -0.05) is 30.3 Å². The van der Waals surface area contributed by atoms with E-state index in [0.717, 1.165) is 41.9 Å². The molecule has 4 N–H and O–H groups in total. The lowest BCUT2D eigenvalue weighted by Gasteiger charge is -2.33. The topological polar surface area (TPSA) is 93.3 Å². The van der Waals surface area contributed by atoms with Crippen LogP contribution in [0.25, 0.3) is 0 Å². The van der Waals surface area contributed by atoms with Crippen molar-refractivity contribution >= 4 is 11.8 Å². The van der Waals surface area contributed by atoms with Crippen LogP contribution < -0.4 is 10.6 Å². The molecule has 1 aliphatic heterocycles. The van der Waals surface area contributed by atoms with Crippen molar-refractivity contribution in [3.8, 4) is 0 Å². The summed E-state index contributed by atoms with van der Waals surface area (Å²) in [5, 5.41) is 22.7. The van der Waals surface area contributed by atoms with Crippen LogP contribution in [0.5, 0.6) is 0 Å². The number of aliphatic hydroxyl groups is 1. The Balaban J connectivity index is 1.76. The molecule has 7 nitrogen and oxygen atoms in total. The van der Waals surface area contributed by atoms with Gasteiger partial charge in [-0.3, -0.25) is 5.10 Å². The Morgan fingerprint density at radius 3 is 2.74 bits per heavy atom. The van der Waals surface area contributed by atoms with Gasteiger partial charge >= 0.3 is 6.03 Å². The van der Waals surface area contributed by atoms with Gasteiger partial charge in [0.05, 0.1) is 23.8 Å². The highest BCUT2D eigenvalue weighted by atomic mass is 16.3. The van der Waals surface area contributed by atoms with E-state index < -0.39 is 5.54 Å². The molecule has 1 atom stereocenters. The molecule has 1 aromatic heterocycles. The van der Waals surface area contributed by atoms with Crippen molar-refractivity contribution in [3.05, 3.63) is 47.2 Å². The van der Waals surface area contributed by atoms with Crippen LogP contribution >= 0.6 is 0 Å². The van der Waals surface area contributed by atoms with Gasteiger partial charge in [0.2, 0.25) is 0 Å². The summed E-state index contributed by atoms with van der Waals surface area (Å²) < 4.78 is 0. The van der Waals surface area contributed by atoms with E-state index >= 15 is 0 Å². The van der Waals surface area contributed by atoms with Crippen LogP contribution in [0.1, 0.15) is 56.0 Å². The van der Waals surface area contributed by atoms with Gasteiger partial charge < -0.3 is 20.6 Å². The number of benzene rings is 1. The number of carbonyl (C=O) groups excluding carboxylic acids is 1. The second-order valence-electron chi connectivity index (χ2n) is 7.45. The predicted octanol–water partition coefficient (Wildman–Crippen LogP) is 3.12. The zero-order chi connectivity index (χ0) is 19.4. The van der Waals surface area contributed by atoms with Crippen LogP contribution in [0.4, 0.5) is 10.6 Å². The summed E-state index contributed by atoms with van der Waals surface area (Å²) in [5.41, 5.74) is 2.62. The highest BCUT2D eigenvalue weighted by molar-refractivity contribution is 5.77. The maximum atomic E-state index is 13.2. The van der Waals surface area contributed by atoms with Crippen molar-refractivity contribution in [2.75, 3.05) is 19.0 Å². The molecule has 0 bridgehead atoms. The summed E-state index contributed by atoms with van der Waals surface area (Å²) in [7, 11) is 1.83. The normalized spacial score (nSPS) is 16.1. The number of H-pyrrole nitrogens is 1. The van der Waals surface area contributed by atoms with Crippen LogP contribution in [0.2, 0.25) is 0 Å². The van der Waals surface area contributed by atoms with Gasteiger partial charge in [0.1, 0.15) is 0 Å². The summed E-state index contributed by atoms with van der Waals surface area (Å²) in [5.74, 6) is 0.788. The van der Waals surface area contributed by atoms with Gasteiger partial charge in [0, 0.05) is 19.2 Å². The molecular formula is C20H29N5O2. The molecule has 0 fully saturated rings. The molecule has 3 rings (SSSR count). The van der Waals surface area contributed by atoms with Gasteiger partial charge in [-0.2, -0.15) is 5.10 Å². The Morgan fingerprint density at radius 1 is 1.33 bits per heavy atom. The molecule has 2 heterocycles. The van der Waals surface area contributed by atoms with Crippen LogP contribution in [0.15, 0.2) is 30.3 Å². The first-order chi connectivity index (χ1) is 13.0. The Bertz CT molecular complexity index is 772. The number of fused-ring (bicyclic) bond motifs is 1. The first-order valence-corrected chi connectivity index (χ1v) is 9.48. The van der Waals surface area contributed by atoms with Crippen molar-refractivity contribution in [3.63, 3.8) is 0 Å². The van der Waals surface area contributed by atoms with E-state index in [-0.39, 0.29) is 18.7 Å². The molecule has 2 amide bonds. The van der Waals surface area contributed by atoms with E-state index in [2.05, 4.69) is 20.8 Å². The fraction of sp³-hybridized carbons (Fsp3) is 0.500. The standard InChI is InChI=1S/C20H29N5O2/c1-20(2)17-15(18(21-3)24-23-17)13-25(20)19(27)22-16(11-7-8-12-26)14-9-5-4-6-10-14/h4-6,9-10,16,26H,7-8,11-13H2,1-3H3,(H,22,27)(H2,21,23,24)/t16-/m1/s1. The molecule has 0 aliphatic carbocycles. The van der Waals surface area contributed by atoms with E-state index in [1.54, 1.807) is 0 Å². The van der Waals surface area contributed by atoms with Crippen molar-refractivity contribution in [1.29, 1.82) is 0 Å². The van der Waals surface area contributed by atoms with Gasteiger partial charge in [-0.15, -0.1) is 0 Å². The lowest BCUT2D eigenvalue weighted by atomic mass is 10.00. The fourth-order valence-electron chi connectivity index (χ4n) is 3.74. The van der Waals surface area contributed by atoms with E-state index in [0.29, 0.717) is 6.54 Å². The molecule has 1 aliphatic rings. The van der Waals surface area contributed by atoms with E-state index in [9.17, 15) is 4.79 Å². The van der Waals surface area contributed by atoms with Crippen molar-refractivity contribution in [2.45, 2.75) is 51.2 Å². The summed E-state index contributed by atoms with van der Waals surface area (Å²) in [4.78, 5) is 15.0. The number of hydrogen-bond acceptors (Lipinski definition) is 4. The van der Waals surface area contributed by atoms with Crippen molar-refractivity contribution in [1.82, 2.24) is 20.4 Å². The average molecular weight is 371 g/mol. The maximum absolute atomic E-state index is 13.2. The maximum Gasteiger partial charge on any atom is 0.318 e. The minimum Gasteiger partial charge on any atom is -0.396 e. The number of rotatable bonds is 7. The summed E-state index contributed by atoms with van der Waals surface area (Å²) >= 11 is 0. The molecule has 1 aromatic carbocycles. The second-order valence-corrected chi connectivity index (χ2v) is 7.45. The lowest BCUT2D eigenvalue weighted by Crippen LogP contribution is -2.47. The summed E-state index contributed by atoms with van der Waals surface area (Å²) in [6, 6.07) is 9.82. The van der Waals surface area contributed by atoms with E-state index in [1.807, 2.05) is 56.1 Å².